The molecule has 0 atom stereocenters. The highest BCUT2D eigenvalue weighted by Crippen LogP contribution is 2.25. The molecular weight excluding hydrogens is 313 g/mol. The van der Waals surface area contributed by atoms with Gasteiger partial charge in [0, 0.05) is 16.5 Å². The molecule has 112 valence electrons. The minimum Gasteiger partial charge on any atom is -0.298 e. The van der Waals surface area contributed by atoms with E-state index in [9.17, 15) is 9.18 Å². The molecule has 2 aromatic carbocycles. The van der Waals surface area contributed by atoms with Gasteiger partial charge in [0.15, 0.2) is 5.13 Å². The summed E-state index contributed by atoms with van der Waals surface area (Å²) < 4.78 is 12.9. The Bertz CT molecular complexity index is 879. The monoisotopic (exact) mass is 323 g/mol. The number of aromatic nitrogens is 1. The summed E-state index contributed by atoms with van der Waals surface area (Å²) in [5.74, 6) is -0.732. The Balaban J connectivity index is 1.75. The molecule has 0 aliphatic heterocycles. The molecule has 0 bridgehead atoms. The molecule has 3 aromatic rings. The summed E-state index contributed by atoms with van der Waals surface area (Å²) in [6.07, 6.45) is 0. The smallest absolute Gasteiger partial charge is 0.257 e. The zero-order chi connectivity index (χ0) is 16.2. The van der Waals surface area contributed by atoms with E-state index in [0.717, 1.165) is 5.56 Å². The van der Waals surface area contributed by atoms with E-state index in [1.807, 2.05) is 5.38 Å². The van der Waals surface area contributed by atoms with Crippen molar-refractivity contribution in [1.29, 1.82) is 5.26 Å². The third kappa shape index (κ3) is 3.42. The lowest BCUT2D eigenvalue weighted by Crippen LogP contribution is -2.11. The van der Waals surface area contributed by atoms with Gasteiger partial charge in [0.25, 0.3) is 5.91 Å². The second kappa shape index (κ2) is 6.38. The average Bonchev–Trinajstić information content (AvgIpc) is 3.04. The van der Waals surface area contributed by atoms with E-state index in [1.165, 1.54) is 35.6 Å². The molecule has 0 unspecified atom stereocenters. The average molecular weight is 323 g/mol. The number of carbonyl (C=O) groups excluding carboxylic acids is 1. The SMILES string of the molecule is N#Cc1ccc(-c2csc(NC(=O)c3ccc(F)cc3)n2)cc1. The molecule has 23 heavy (non-hydrogen) atoms. The summed E-state index contributed by atoms with van der Waals surface area (Å²) >= 11 is 1.30. The van der Waals surface area contributed by atoms with Crippen molar-refractivity contribution in [3.05, 3.63) is 70.9 Å². The van der Waals surface area contributed by atoms with Crippen molar-refractivity contribution in [3.63, 3.8) is 0 Å². The number of hydrogen-bond acceptors (Lipinski definition) is 4. The second-order valence-corrected chi connectivity index (χ2v) is 5.55. The number of amides is 1. The normalized spacial score (nSPS) is 10.1. The topological polar surface area (TPSA) is 65.8 Å². The molecular formula is C17H10FN3OS. The molecule has 0 saturated carbocycles. The Labute approximate surface area is 135 Å². The molecule has 6 heteroatoms. The van der Waals surface area contributed by atoms with Crippen LogP contribution < -0.4 is 5.32 Å². The lowest BCUT2D eigenvalue weighted by molar-refractivity contribution is 0.102. The van der Waals surface area contributed by atoms with Crippen LogP contribution in [0, 0.1) is 17.1 Å². The fourth-order valence-corrected chi connectivity index (χ4v) is 2.66. The van der Waals surface area contributed by atoms with E-state index in [0.29, 0.717) is 22.0 Å². The molecule has 1 amide bonds. The molecule has 1 N–H and O–H groups in total. The van der Waals surface area contributed by atoms with E-state index in [-0.39, 0.29) is 11.7 Å². The number of thiazole rings is 1. The maximum atomic E-state index is 12.9. The van der Waals surface area contributed by atoms with Crippen LogP contribution in [-0.2, 0) is 0 Å². The van der Waals surface area contributed by atoms with Gasteiger partial charge in [0.05, 0.1) is 17.3 Å². The van der Waals surface area contributed by atoms with Gasteiger partial charge < -0.3 is 0 Å². The van der Waals surface area contributed by atoms with Crippen LogP contribution in [0.3, 0.4) is 0 Å². The number of hydrogen-bond donors (Lipinski definition) is 1. The van der Waals surface area contributed by atoms with E-state index in [2.05, 4.69) is 16.4 Å². The number of nitriles is 1. The number of carbonyl (C=O) groups is 1. The summed E-state index contributed by atoms with van der Waals surface area (Å²) in [6.45, 7) is 0. The second-order valence-electron chi connectivity index (χ2n) is 4.69. The van der Waals surface area contributed by atoms with E-state index in [1.54, 1.807) is 24.3 Å². The zero-order valence-corrected chi connectivity index (χ0v) is 12.6. The first-order valence-electron chi connectivity index (χ1n) is 6.69. The molecule has 0 fully saturated rings. The number of nitrogens with one attached hydrogen (secondary N) is 1. The lowest BCUT2D eigenvalue weighted by Gasteiger charge is -2.01. The maximum Gasteiger partial charge on any atom is 0.257 e. The number of nitrogens with zero attached hydrogens (tertiary/aromatic N) is 2. The van der Waals surface area contributed by atoms with Crippen LogP contribution in [0.15, 0.2) is 53.9 Å². The van der Waals surface area contributed by atoms with Crippen LogP contribution in [-0.4, -0.2) is 10.9 Å². The van der Waals surface area contributed by atoms with Crippen LogP contribution in [0.4, 0.5) is 9.52 Å². The highest BCUT2D eigenvalue weighted by molar-refractivity contribution is 7.14. The summed E-state index contributed by atoms with van der Waals surface area (Å²) in [4.78, 5) is 16.4. The number of anilines is 1. The van der Waals surface area contributed by atoms with E-state index < -0.39 is 0 Å². The highest BCUT2D eigenvalue weighted by Gasteiger charge is 2.10. The van der Waals surface area contributed by atoms with Crippen LogP contribution >= 0.6 is 11.3 Å². The van der Waals surface area contributed by atoms with Crippen LogP contribution in [0.2, 0.25) is 0 Å². The van der Waals surface area contributed by atoms with Crippen molar-refractivity contribution >= 4 is 22.4 Å². The van der Waals surface area contributed by atoms with Crippen molar-refractivity contribution in [1.82, 2.24) is 4.98 Å². The molecule has 0 aliphatic rings. The summed E-state index contributed by atoms with van der Waals surface area (Å²) in [7, 11) is 0. The molecule has 1 aromatic heterocycles. The molecule has 0 spiro atoms. The Morgan fingerprint density at radius 1 is 1.13 bits per heavy atom. The summed E-state index contributed by atoms with van der Waals surface area (Å²) in [6, 6.07) is 14.4. The van der Waals surface area contributed by atoms with Crippen molar-refractivity contribution in [2.24, 2.45) is 0 Å². The third-order valence-corrected chi connectivity index (χ3v) is 3.90. The van der Waals surface area contributed by atoms with Gasteiger partial charge in [-0.15, -0.1) is 11.3 Å². The van der Waals surface area contributed by atoms with Gasteiger partial charge in [-0.05, 0) is 36.4 Å². The van der Waals surface area contributed by atoms with E-state index >= 15 is 0 Å². The van der Waals surface area contributed by atoms with Crippen LogP contribution in [0.25, 0.3) is 11.3 Å². The molecule has 1 heterocycles. The minimum absolute atomic E-state index is 0.342. The van der Waals surface area contributed by atoms with Gasteiger partial charge in [0.2, 0.25) is 0 Å². The first-order chi connectivity index (χ1) is 11.2. The van der Waals surface area contributed by atoms with Gasteiger partial charge in [-0.3, -0.25) is 10.1 Å². The molecule has 4 nitrogen and oxygen atoms in total. The standard InChI is InChI=1S/C17H10FN3OS/c18-14-7-5-13(6-8-14)16(22)21-17-20-15(10-23-17)12-3-1-11(9-19)2-4-12/h1-8,10H,(H,20,21,22). The van der Waals surface area contributed by atoms with Crippen LogP contribution in [0.5, 0.6) is 0 Å². The fourth-order valence-electron chi connectivity index (χ4n) is 1.95. The van der Waals surface area contributed by atoms with Crippen molar-refractivity contribution in [3.8, 4) is 17.3 Å². The zero-order valence-electron chi connectivity index (χ0n) is 11.8. The molecule has 0 saturated heterocycles. The Morgan fingerprint density at radius 3 is 2.48 bits per heavy atom. The van der Waals surface area contributed by atoms with Crippen molar-refractivity contribution in [2.45, 2.75) is 0 Å². The molecule has 0 aliphatic carbocycles. The van der Waals surface area contributed by atoms with Gasteiger partial charge >= 0.3 is 0 Å². The first-order valence-corrected chi connectivity index (χ1v) is 7.56. The quantitative estimate of drug-likeness (QED) is 0.790. The number of halogens is 1. The molecule has 0 radical (unpaired) electrons. The Morgan fingerprint density at radius 2 is 1.83 bits per heavy atom. The third-order valence-electron chi connectivity index (χ3n) is 3.14. The maximum absolute atomic E-state index is 12.9. The van der Waals surface area contributed by atoms with E-state index in [4.69, 9.17) is 5.26 Å². The minimum atomic E-state index is -0.390. The lowest BCUT2D eigenvalue weighted by atomic mass is 10.1. The van der Waals surface area contributed by atoms with Gasteiger partial charge in [-0.25, -0.2) is 9.37 Å². The van der Waals surface area contributed by atoms with Crippen molar-refractivity contribution < 1.29 is 9.18 Å². The Hall–Kier alpha value is -3.04. The number of benzene rings is 2. The number of rotatable bonds is 3. The van der Waals surface area contributed by atoms with Crippen molar-refractivity contribution in [2.75, 3.05) is 5.32 Å². The largest absolute Gasteiger partial charge is 0.298 e. The molecule has 3 rings (SSSR count). The van der Waals surface area contributed by atoms with Crippen LogP contribution in [0.1, 0.15) is 15.9 Å². The Kier molecular flexibility index (Phi) is 4.13. The van der Waals surface area contributed by atoms with Gasteiger partial charge in [-0.2, -0.15) is 5.26 Å². The predicted octanol–water partition coefficient (Wildman–Crippen LogP) is 4.07. The summed E-state index contributed by atoms with van der Waals surface area (Å²) in [5.41, 5.74) is 2.52. The summed E-state index contributed by atoms with van der Waals surface area (Å²) in [5, 5.41) is 13.8. The van der Waals surface area contributed by atoms with Gasteiger partial charge in [-0.1, -0.05) is 12.1 Å². The van der Waals surface area contributed by atoms with Gasteiger partial charge in [0.1, 0.15) is 5.82 Å². The first kappa shape index (κ1) is 14.9. The highest BCUT2D eigenvalue weighted by atomic mass is 32.1. The predicted molar refractivity (Wildman–Crippen MR) is 86.6 cm³/mol. The fraction of sp³-hybridized carbons (Fsp3) is 0.